The van der Waals surface area contributed by atoms with E-state index in [2.05, 4.69) is 44.8 Å². The average molecular weight is 283 g/mol. The molecule has 0 saturated carbocycles. The minimum Gasteiger partial charge on any atom is -0.313 e. The van der Waals surface area contributed by atoms with Crippen LogP contribution in [0.5, 0.6) is 0 Å². The van der Waals surface area contributed by atoms with Gasteiger partial charge in [0.05, 0.1) is 0 Å². The van der Waals surface area contributed by atoms with E-state index in [1.165, 1.54) is 51.7 Å². The van der Waals surface area contributed by atoms with Crippen LogP contribution in [-0.4, -0.2) is 37.1 Å². The molecule has 2 nitrogen and oxygen atoms in total. The third kappa shape index (κ3) is 7.64. The molecule has 1 fully saturated rings. The lowest BCUT2D eigenvalue weighted by Crippen LogP contribution is -2.36. The van der Waals surface area contributed by atoms with Crippen LogP contribution in [0.1, 0.15) is 66.7 Å². The molecule has 1 aliphatic rings. The second kappa shape index (κ2) is 9.78. The van der Waals surface area contributed by atoms with Crippen molar-refractivity contribution in [2.24, 2.45) is 17.8 Å². The number of hydrogen-bond donors (Lipinski definition) is 1. The molecule has 0 aromatic rings. The van der Waals surface area contributed by atoms with Crippen LogP contribution in [0.2, 0.25) is 0 Å². The topological polar surface area (TPSA) is 15.3 Å². The Morgan fingerprint density at radius 2 is 1.75 bits per heavy atom. The van der Waals surface area contributed by atoms with Crippen molar-refractivity contribution in [2.75, 3.05) is 26.2 Å². The molecule has 0 aromatic heterocycles. The predicted octanol–water partition coefficient (Wildman–Crippen LogP) is 4.16. The zero-order valence-electron chi connectivity index (χ0n) is 14.6. The SMILES string of the molecule is CC(C)CCC(C)NCCN1CCCC(C(C)C)CC1. The Morgan fingerprint density at radius 1 is 1.00 bits per heavy atom. The van der Waals surface area contributed by atoms with Crippen LogP contribution in [0.3, 0.4) is 0 Å². The Morgan fingerprint density at radius 3 is 2.40 bits per heavy atom. The van der Waals surface area contributed by atoms with Crippen LogP contribution in [0.25, 0.3) is 0 Å². The van der Waals surface area contributed by atoms with Gasteiger partial charge in [-0.15, -0.1) is 0 Å². The molecule has 1 aliphatic heterocycles. The predicted molar refractivity (Wildman–Crippen MR) is 90.2 cm³/mol. The first kappa shape index (κ1) is 18.0. The van der Waals surface area contributed by atoms with Crippen LogP contribution in [-0.2, 0) is 0 Å². The average Bonchev–Trinajstić information content (AvgIpc) is 2.62. The Hall–Kier alpha value is -0.0800. The Balaban J connectivity index is 2.12. The van der Waals surface area contributed by atoms with Gasteiger partial charge in [-0.1, -0.05) is 27.7 Å². The molecule has 0 bridgehead atoms. The normalized spacial score (nSPS) is 23.2. The second-order valence-corrected chi connectivity index (χ2v) is 7.60. The molecule has 0 radical (unpaired) electrons. The monoisotopic (exact) mass is 282 g/mol. The van der Waals surface area contributed by atoms with Crippen LogP contribution < -0.4 is 5.32 Å². The molecule has 2 unspecified atom stereocenters. The molecule has 2 atom stereocenters. The summed E-state index contributed by atoms with van der Waals surface area (Å²) in [4.78, 5) is 2.67. The first-order valence-corrected chi connectivity index (χ1v) is 8.94. The molecule has 0 spiro atoms. The first-order valence-electron chi connectivity index (χ1n) is 8.94. The molecule has 0 aliphatic carbocycles. The Labute approximate surface area is 127 Å². The Kier molecular flexibility index (Phi) is 8.79. The van der Waals surface area contributed by atoms with Crippen LogP contribution >= 0.6 is 0 Å². The summed E-state index contributed by atoms with van der Waals surface area (Å²) in [6.45, 7) is 16.7. The maximum atomic E-state index is 3.70. The van der Waals surface area contributed by atoms with E-state index in [9.17, 15) is 0 Å². The third-order valence-corrected chi connectivity index (χ3v) is 4.91. The summed E-state index contributed by atoms with van der Waals surface area (Å²) in [6.07, 6.45) is 6.89. The molecule has 2 heteroatoms. The van der Waals surface area contributed by atoms with E-state index in [0.29, 0.717) is 6.04 Å². The smallest absolute Gasteiger partial charge is 0.0107 e. The third-order valence-electron chi connectivity index (χ3n) is 4.91. The fourth-order valence-electron chi connectivity index (χ4n) is 3.23. The lowest BCUT2D eigenvalue weighted by molar-refractivity contribution is 0.267. The molecule has 20 heavy (non-hydrogen) atoms. The fraction of sp³-hybridized carbons (Fsp3) is 1.00. The van der Waals surface area contributed by atoms with Gasteiger partial charge in [0.15, 0.2) is 0 Å². The quantitative estimate of drug-likeness (QED) is 0.719. The van der Waals surface area contributed by atoms with E-state index in [0.717, 1.165) is 24.3 Å². The van der Waals surface area contributed by atoms with Crippen molar-refractivity contribution in [3.05, 3.63) is 0 Å². The zero-order valence-corrected chi connectivity index (χ0v) is 14.6. The van der Waals surface area contributed by atoms with Gasteiger partial charge in [-0.25, -0.2) is 0 Å². The van der Waals surface area contributed by atoms with E-state index < -0.39 is 0 Å². The van der Waals surface area contributed by atoms with Crippen molar-refractivity contribution < 1.29 is 0 Å². The standard InChI is InChI=1S/C18H38N2/c1-15(2)8-9-17(5)19-11-14-20-12-6-7-18(10-13-20)16(3)4/h15-19H,6-14H2,1-5H3. The van der Waals surface area contributed by atoms with Crippen molar-refractivity contribution in [3.8, 4) is 0 Å². The molecular weight excluding hydrogens is 244 g/mol. The van der Waals surface area contributed by atoms with Crippen molar-refractivity contribution >= 4 is 0 Å². The van der Waals surface area contributed by atoms with Gasteiger partial charge in [0, 0.05) is 19.1 Å². The number of likely N-dealkylation sites (tertiary alicyclic amines) is 1. The van der Waals surface area contributed by atoms with Crippen molar-refractivity contribution in [3.63, 3.8) is 0 Å². The summed E-state index contributed by atoms with van der Waals surface area (Å²) in [5, 5.41) is 3.70. The highest BCUT2D eigenvalue weighted by atomic mass is 15.1. The lowest BCUT2D eigenvalue weighted by Gasteiger charge is -2.23. The second-order valence-electron chi connectivity index (χ2n) is 7.60. The van der Waals surface area contributed by atoms with Crippen molar-refractivity contribution in [2.45, 2.75) is 72.8 Å². The van der Waals surface area contributed by atoms with Crippen molar-refractivity contribution in [1.29, 1.82) is 0 Å². The summed E-state index contributed by atoms with van der Waals surface area (Å²) in [6, 6.07) is 0.674. The molecule has 1 rings (SSSR count). The molecule has 1 N–H and O–H groups in total. The largest absolute Gasteiger partial charge is 0.313 e. The maximum absolute atomic E-state index is 3.70. The van der Waals surface area contributed by atoms with E-state index in [-0.39, 0.29) is 0 Å². The molecule has 0 aromatic carbocycles. The van der Waals surface area contributed by atoms with Gasteiger partial charge in [-0.3, -0.25) is 0 Å². The summed E-state index contributed by atoms with van der Waals surface area (Å²) < 4.78 is 0. The van der Waals surface area contributed by atoms with E-state index in [4.69, 9.17) is 0 Å². The molecule has 1 saturated heterocycles. The van der Waals surface area contributed by atoms with Gasteiger partial charge in [-0.2, -0.15) is 0 Å². The summed E-state index contributed by atoms with van der Waals surface area (Å²) in [5.74, 6) is 2.65. The van der Waals surface area contributed by atoms with Crippen LogP contribution in [0, 0.1) is 17.8 Å². The lowest BCUT2D eigenvalue weighted by atomic mass is 9.89. The highest BCUT2D eigenvalue weighted by molar-refractivity contribution is 4.73. The number of nitrogens with one attached hydrogen (secondary N) is 1. The molecular formula is C18H38N2. The highest BCUT2D eigenvalue weighted by Gasteiger charge is 2.19. The first-order chi connectivity index (χ1) is 9.49. The summed E-state index contributed by atoms with van der Waals surface area (Å²) in [7, 11) is 0. The fourth-order valence-corrected chi connectivity index (χ4v) is 3.23. The Bertz CT molecular complexity index is 238. The number of hydrogen-bond acceptors (Lipinski definition) is 2. The maximum Gasteiger partial charge on any atom is 0.0107 e. The minimum absolute atomic E-state index is 0.674. The summed E-state index contributed by atoms with van der Waals surface area (Å²) in [5.41, 5.74) is 0. The number of rotatable bonds is 8. The van der Waals surface area contributed by atoms with Gasteiger partial charge >= 0.3 is 0 Å². The zero-order chi connectivity index (χ0) is 15.0. The van der Waals surface area contributed by atoms with E-state index >= 15 is 0 Å². The van der Waals surface area contributed by atoms with E-state index in [1.807, 2.05) is 0 Å². The van der Waals surface area contributed by atoms with Gasteiger partial charge < -0.3 is 10.2 Å². The molecule has 0 amide bonds. The molecule has 1 heterocycles. The van der Waals surface area contributed by atoms with Gasteiger partial charge in [-0.05, 0) is 69.9 Å². The van der Waals surface area contributed by atoms with E-state index in [1.54, 1.807) is 0 Å². The van der Waals surface area contributed by atoms with Crippen LogP contribution in [0.4, 0.5) is 0 Å². The summed E-state index contributed by atoms with van der Waals surface area (Å²) >= 11 is 0. The van der Waals surface area contributed by atoms with Crippen molar-refractivity contribution in [1.82, 2.24) is 10.2 Å². The van der Waals surface area contributed by atoms with Gasteiger partial charge in [0.1, 0.15) is 0 Å². The van der Waals surface area contributed by atoms with Gasteiger partial charge in [0.2, 0.25) is 0 Å². The molecule has 120 valence electrons. The highest BCUT2D eigenvalue weighted by Crippen LogP contribution is 2.24. The number of nitrogens with zero attached hydrogens (tertiary/aromatic N) is 1. The minimum atomic E-state index is 0.674. The van der Waals surface area contributed by atoms with Gasteiger partial charge in [0.25, 0.3) is 0 Å². The van der Waals surface area contributed by atoms with Crippen LogP contribution in [0.15, 0.2) is 0 Å².